The SMILES string of the molecule is C=CCCc1ccc(C2CCC(c3ccc4cc(-c5ccc(CCCC)c(F)c5)oc(=O)c4c3F)CC2)cc1. The Bertz CT molecular complexity index is 1510. The van der Waals surface area contributed by atoms with Gasteiger partial charge in [-0.25, -0.2) is 13.6 Å². The second-order valence-corrected chi connectivity index (χ2v) is 10.9. The number of halogens is 2. The fraction of sp³-hybridized carbons (Fsp3) is 0.343. The van der Waals surface area contributed by atoms with Crippen molar-refractivity contribution in [2.24, 2.45) is 0 Å². The topological polar surface area (TPSA) is 30.2 Å². The fourth-order valence-electron chi connectivity index (χ4n) is 5.95. The molecule has 4 aromatic rings. The highest BCUT2D eigenvalue weighted by Gasteiger charge is 2.27. The van der Waals surface area contributed by atoms with E-state index in [-0.39, 0.29) is 22.9 Å². The van der Waals surface area contributed by atoms with Crippen LogP contribution in [-0.4, -0.2) is 0 Å². The van der Waals surface area contributed by atoms with Crippen molar-refractivity contribution in [2.45, 2.75) is 76.5 Å². The number of hydrogen-bond acceptors (Lipinski definition) is 2. The van der Waals surface area contributed by atoms with Gasteiger partial charge in [0.15, 0.2) is 0 Å². The number of aryl methyl sites for hydroxylation is 2. The minimum atomic E-state index is -0.720. The molecule has 0 atom stereocenters. The Morgan fingerprint density at radius 3 is 2.36 bits per heavy atom. The van der Waals surface area contributed by atoms with Crippen LogP contribution < -0.4 is 5.63 Å². The van der Waals surface area contributed by atoms with Gasteiger partial charge in [-0.1, -0.05) is 68.0 Å². The third-order valence-electron chi connectivity index (χ3n) is 8.29. The van der Waals surface area contributed by atoms with Gasteiger partial charge in [0.2, 0.25) is 0 Å². The van der Waals surface area contributed by atoms with E-state index in [9.17, 15) is 9.18 Å². The predicted octanol–water partition coefficient (Wildman–Crippen LogP) is 9.64. The maximum absolute atomic E-state index is 15.7. The van der Waals surface area contributed by atoms with Crippen LogP contribution in [0.1, 0.15) is 86.0 Å². The average molecular weight is 527 g/mol. The summed E-state index contributed by atoms with van der Waals surface area (Å²) in [6.07, 6.45) is 10.2. The smallest absolute Gasteiger partial charge is 0.347 e. The lowest BCUT2D eigenvalue weighted by Crippen LogP contribution is -2.14. The second kappa shape index (κ2) is 12.1. The molecule has 4 heteroatoms. The lowest BCUT2D eigenvalue weighted by molar-refractivity contribution is 0.388. The summed E-state index contributed by atoms with van der Waals surface area (Å²) in [5.74, 6) is -0.00838. The molecule has 39 heavy (non-hydrogen) atoms. The first-order chi connectivity index (χ1) is 19.0. The quantitative estimate of drug-likeness (QED) is 0.203. The zero-order valence-corrected chi connectivity index (χ0v) is 22.6. The highest BCUT2D eigenvalue weighted by molar-refractivity contribution is 5.85. The van der Waals surface area contributed by atoms with Crippen molar-refractivity contribution < 1.29 is 13.2 Å². The summed E-state index contributed by atoms with van der Waals surface area (Å²) >= 11 is 0. The van der Waals surface area contributed by atoms with Gasteiger partial charge in [-0.05, 0) is 103 Å². The number of rotatable bonds is 9. The lowest BCUT2D eigenvalue weighted by atomic mass is 9.75. The first-order valence-corrected chi connectivity index (χ1v) is 14.2. The summed E-state index contributed by atoms with van der Waals surface area (Å²) in [4.78, 5) is 12.9. The van der Waals surface area contributed by atoms with Gasteiger partial charge in [-0.2, -0.15) is 0 Å². The molecule has 0 saturated heterocycles. The minimum Gasteiger partial charge on any atom is -0.422 e. The lowest BCUT2D eigenvalue weighted by Gasteiger charge is -2.29. The van der Waals surface area contributed by atoms with Crippen LogP contribution in [0.3, 0.4) is 0 Å². The van der Waals surface area contributed by atoms with Crippen LogP contribution in [0, 0.1) is 11.6 Å². The molecule has 202 valence electrons. The summed E-state index contributed by atoms with van der Waals surface area (Å²) in [6.45, 7) is 5.86. The van der Waals surface area contributed by atoms with E-state index in [0.717, 1.165) is 51.4 Å². The standard InChI is InChI=1S/C35H36F2O2/c1-3-5-7-23-9-11-24(12-10-23)25-13-15-26(16-14-25)30-20-19-29-22-32(39-35(38)33(29)34(30)37)28-18-17-27(8-6-4-2)31(36)21-28/h3,9-12,17-22,25-26H,1,4-8,13-16H2,2H3. The van der Waals surface area contributed by atoms with Crippen molar-refractivity contribution in [1.29, 1.82) is 0 Å². The Morgan fingerprint density at radius 2 is 1.67 bits per heavy atom. The Hall–Kier alpha value is -3.53. The summed E-state index contributed by atoms with van der Waals surface area (Å²) in [7, 11) is 0. The fourth-order valence-corrected chi connectivity index (χ4v) is 5.95. The third kappa shape index (κ3) is 5.90. The molecule has 1 aliphatic rings. The largest absolute Gasteiger partial charge is 0.422 e. The van der Waals surface area contributed by atoms with E-state index in [1.807, 2.05) is 12.1 Å². The minimum absolute atomic E-state index is 0.0199. The molecule has 0 spiro atoms. The van der Waals surface area contributed by atoms with Crippen molar-refractivity contribution in [3.8, 4) is 11.3 Å². The predicted molar refractivity (Wildman–Crippen MR) is 155 cm³/mol. The molecule has 3 aromatic carbocycles. The molecule has 0 radical (unpaired) electrons. The molecule has 1 heterocycles. The van der Waals surface area contributed by atoms with E-state index in [0.29, 0.717) is 34.4 Å². The van der Waals surface area contributed by atoms with E-state index in [4.69, 9.17) is 4.42 Å². The summed E-state index contributed by atoms with van der Waals surface area (Å²) in [5, 5.41) is 0.455. The molecule has 2 nitrogen and oxygen atoms in total. The van der Waals surface area contributed by atoms with Crippen molar-refractivity contribution in [3.05, 3.63) is 118 Å². The van der Waals surface area contributed by atoms with Crippen LogP contribution >= 0.6 is 0 Å². The van der Waals surface area contributed by atoms with E-state index >= 15 is 4.39 Å². The van der Waals surface area contributed by atoms with Crippen LogP contribution in [0.25, 0.3) is 22.1 Å². The second-order valence-electron chi connectivity index (χ2n) is 10.9. The van der Waals surface area contributed by atoms with Gasteiger partial charge in [-0.3, -0.25) is 0 Å². The molecule has 0 amide bonds. The molecule has 1 aliphatic carbocycles. The number of benzene rings is 3. The van der Waals surface area contributed by atoms with E-state index in [1.54, 1.807) is 24.3 Å². The van der Waals surface area contributed by atoms with Gasteiger partial charge >= 0.3 is 5.63 Å². The Kier molecular flexibility index (Phi) is 8.40. The molecule has 5 rings (SSSR count). The molecule has 0 aliphatic heterocycles. The Morgan fingerprint density at radius 1 is 0.923 bits per heavy atom. The number of hydrogen-bond donors (Lipinski definition) is 0. The van der Waals surface area contributed by atoms with E-state index < -0.39 is 11.4 Å². The van der Waals surface area contributed by atoms with Gasteiger partial charge < -0.3 is 4.42 Å². The van der Waals surface area contributed by atoms with Gasteiger partial charge in [0.1, 0.15) is 22.8 Å². The molecular formula is C35H36F2O2. The van der Waals surface area contributed by atoms with Crippen molar-refractivity contribution in [1.82, 2.24) is 0 Å². The molecule has 1 saturated carbocycles. The number of allylic oxidation sites excluding steroid dienone is 1. The Balaban J connectivity index is 1.33. The molecule has 0 unspecified atom stereocenters. The van der Waals surface area contributed by atoms with Crippen molar-refractivity contribution in [2.75, 3.05) is 0 Å². The summed E-state index contributed by atoms with van der Waals surface area (Å²) in [5.41, 5.74) is 3.66. The zero-order valence-electron chi connectivity index (χ0n) is 22.6. The molecule has 1 fully saturated rings. The summed E-state index contributed by atoms with van der Waals surface area (Å²) < 4.78 is 35.9. The summed E-state index contributed by atoms with van der Waals surface area (Å²) in [6, 6.07) is 19.0. The first-order valence-electron chi connectivity index (χ1n) is 14.2. The molecule has 1 aromatic heterocycles. The maximum Gasteiger partial charge on any atom is 0.347 e. The van der Waals surface area contributed by atoms with Crippen LogP contribution in [0.15, 0.2) is 82.5 Å². The van der Waals surface area contributed by atoms with Crippen LogP contribution in [-0.2, 0) is 12.8 Å². The number of unbranched alkanes of at least 4 members (excludes halogenated alkanes) is 1. The van der Waals surface area contributed by atoms with Gasteiger partial charge in [-0.15, -0.1) is 6.58 Å². The van der Waals surface area contributed by atoms with Gasteiger partial charge in [0.05, 0.1) is 0 Å². The van der Waals surface area contributed by atoms with Gasteiger partial charge in [0, 0.05) is 5.56 Å². The van der Waals surface area contributed by atoms with Gasteiger partial charge in [0.25, 0.3) is 0 Å². The molecule has 0 bridgehead atoms. The van der Waals surface area contributed by atoms with Crippen molar-refractivity contribution >= 4 is 10.8 Å². The van der Waals surface area contributed by atoms with E-state index in [1.165, 1.54) is 17.2 Å². The monoisotopic (exact) mass is 526 g/mol. The highest BCUT2D eigenvalue weighted by Crippen LogP contribution is 2.42. The van der Waals surface area contributed by atoms with Crippen LogP contribution in [0.4, 0.5) is 8.78 Å². The highest BCUT2D eigenvalue weighted by atomic mass is 19.1. The third-order valence-corrected chi connectivity index (χ3v) is 8.29. The van der Waals surface area contributed by atoms with E-state index in [2.05, 4.69) is 37.8 Å². The van der Waals surface area contributed by atoms with Crippen LogP contribution in [0.5, 0.6) is 0 Å². The number of fused-ring (bicyclic) bond motifs is 1. The zero-order chi connectivity index (χ0) is 27.4. The normalized spacial score (nSPS) is 17.4. The first kappa shape index (κ1) is 27.1. The average Bonchev–Trinajstić information content (AvgIpc) is 2.96. The maximum atomic E-state index is 15.7. The molecular weight excluding hydrogens is 490 g/mol. The Labute approximate surface area is 229 Å². The molecule has 0 N–H and O–H groups in total. The van der Waals surface area contributed by atoms with Crippen LogP contribution in [0.2, 0.25) is 0 Å². The van der Waals surface area contributed by atoms with Crippen molar-refractivity contribution in [3.63, 3.8) is 0 Å².